The molecular weight excluding hydrogens is 354 g/mol. The second-order valence-corrected chi connectivity index (χ2v) is 7.08. The first-order valence-corrected chi connectivity index (χ1v) is 9.22. The van der Waals surface area contributed by atoms with Gasteiger partial charge in [0.1, 0.15) is 5.75 Å². The Hall–Kier alpha value is -3.15. The molecule has 6 heteroatoms. The molecule has 0 aliphatic heterocycles. The predicted molar refractivity (Wildman–Crippen MR) is 107 cm³/mol. The maximum absolute atomic E-state index is 12.6. The molecule has 1 unspecified atom stereocenters. The number of aryl methyl sites for hydroxylation is 3. The van der Waals surface area contributed by atoms with Crippen LogP contribution in [0.15, 0.2) is 47.0 Å². The zero-order chi connectivity index (χ0) is 20.3. The van der Waals surface area contributed by atoms with Crippen LogP contribution in [0.4, 0.5) is 0 Å². The van der Waals surface area contributed by atoms with Crippen LogP contribution in [0.1, 0.15) is 29.5 Å². The third-order valence-electron chi connectivity index (χ3n) is 4.67. The standard InChI is InChI=1S/C22H25N3O3/c1-14-6-9-18(10-7-14)21-23-20(28-24-21)13-25(5)22(26)17(4)27-19-11-8-15(2)16(3)12-19/h6-12,17H,13H2,1-5H3. The van der Waals surface area contributed by atoms with E-state index in [4.69, 9.17) is 9.26 Å². The van der Waals surface area contributed by atoms with Crippen LogP contribution in [0.25, 0.3) is 11.4 Å². The maximum Gasteiger partial charge on any atom is 0.263 e. The highest BCUT2D eigenvalue weighted by molar-refractivity contribution is 5.80. The second-order valence-electron chi connectivity index (χ2n) is 7.08. The summed E-state index contributed by atoms with van der Waals surface area (Å²) in [6.45, 7) is 8.03. The fourth-order valence-corrected chi connectivity index (χ4v) is 2.77. The topological polar surface area (TPSA) is 68.5 Å². The summed E-state index contributed by atoms with van der Waals surface area (Å²) in [5.41, 5.74) is 4.35. The normalized spacial score (nSPS) is 11.9. The molecule has 6 nitrogen and oxygen atoms in total. The molecular formula is C22H25N3O3. The van der Waals surface area contributed by atoms with E-state index in [1.165, 1.54) is 10.5 Å². The lowest BCUT2D eigenvalue weighted by Crippen LogP contribution is -2.37. The van der Waals surface area contributed by atoms with Gasteiger partial charge >= 0.3 is 0 Å². The lowest BCUT2D eigenvalue weighted by molar-refractivity contribution is -0.137. The highest BCUT2D eigenvalue weighted by Crippen LogP contribution is 2.19. The lowest BCUT2D eigenvalue weighted by Gasteiger charge is -2.21. The van der Waals surface area contributed by atoms with Crippen LogP contribution >= 0.6 is 0 Å². The van der Waals surface area contributed by atoms with Crippen molar-refractivity contribution in [1.82, 2.24) is 15.0 Å². The summed E-state index contributed by atoms with van der Waals surface area (Å²) in [7, 11) is 1.69. The third kappa shape index (κ3) is 4.57. The van der Waals surface area contributed by atoms with E-state index < -0.39 is 6.10 Å². The van der Waals surface area contributed by atoms with Crippen molar-refractivity contribution in [1.29, 1.82) is 0 Å². The summed E-state index contributed by atoms with van der Waals surface area (Å²) in [5, 5.41) is 4.00. The molecule has 0 saturated heterocycles. The monoisotopic (exact) mass is 379 g/mol. The molecule has 0 spiro atoms. The van der Waals surface area contributed by atoms with Gasteiger partial charge in [-0.2, -0.15) is 4.98 Å². The number of amides is 1. The van der Waals surface area contributed by atoms with E-state index in [1.54, 1.807) is 14.0 Å². The molecule has 0 fully saturated rings. The minimum Gasteiger partial charge on any atom is -0.481 e. The molecule has 3 aromatic rings. The van der Waals surface area contributed by atoms with Gasteiger partial charge in [0, 0.05) is 12.6 Å². The second kappa shape index (κ2) is 8.25. The summed E-state index contributed by atoms with van der Waals surface area (Å²) in [6, 6.07) is 13.7. The van der Waals surface area contributed by atoms with Gasteiger partial charge in [-0.1, -0.05) is 41.1 Å². The molecule has 1 amide bonds. The van der Waals surface area contributed by atoms with E-state index >= 15 is 0 Å². The smallest absolute Gasteiger partial charge is 0.263 e. The van der Waals surface area contributed by atoms with Gasteiger partial charge < -0.3 is 14.2 Å². The van der Waals surface area contributed by atoms with Crippen molar-refractivity contribution in [2.45, 2.75) is 40.3 Å². The molecule has 3 rings (SSSR count). The minimum absolute atomic E-state index is 0.159. The average molecular weight is 379 g/mol. The van der Waals surface area contributed by atoms with E-state index in [2.05, 4.69) is 10.1 Å². The first-order chi connectivity index (χ1) is 13.3. The number of aromatic nitrogens is 2. The molecule has 146 valence electrons. The van der Waals surface area contributed by atoms with E-state index in [-0.39, 0.29) is 12.5 Å². The van der Waals surface area contributed by atoms with Crippen LogP contribution in [0, 0.1) is 20.8 Å². The van der Waals surface area contributed by atoms with Crippen LogP contribution < -0.4 is 4.74 Å². The average Bonchev–Trinajstić information content (AvgIpc) is 3.13. The van der Waals surface area contributed by atoms with Gasteiger partial charge in [-0.3, -0.25) is 4.79 Å². The van der Waals surface area contributed by atoms with E-state index in [0.29, 0.717) is 17.5 Å². The Morgan fingerprint density at radius 2 is 1.82 bits per heavy atom. The molecule has 0 bridgehead atoms. The highest BCUT2D eigenvalue weighted by Gasteiger charge is 2.21. The Morgan fingerprint density at radius 3 is 2.50 bits per heavy atom. The van der Waals surface area contributed by atoms with Gasteiger partial charge in [-0.15, -0.1) is 0 Å². The molecule has 1 aromatic heterocycles. The molecule has 0 N–H and O–H groups in total. The van der Waals surface area contributed by atoms with Crippen molar-refractivity contribution in [3.8, 4) is 17.1 Å². The Morgan fingerprint density at radius 1 is 1.11 bits per heavy atom. The molecule has 0 aliphatic rings. The van der Waals surface area contributed by atoms with Gasteiger partial charge in [0.05, 0.1) is 6.54 Å². The Kier molecular flexibility index (Phi) is 5.78. The summed E-state index contributed by atoms with van der Waals surface area (Å²) in [5.74, 6) is 1.41. The van der Waals surface area contributed by atoms with Gasteiger partial charge in [0.25, 0.3) is 5.91 Å². The highest BCUT2D eigenvalue weighted by atomic mass is 16.5. The fourth-order valence-electron chi connectivity index (χ4n) is 2.77. The molecule has 1 heterocycles. The van der Waals surface area contributed by atoms with E-state index in [1.807, 2.05) is 63.2 Å². The largest absolute Gasteiger partial charge is 0.481 e. The van der Waals surface area contributed by atoms with Crippen molar-refractivity contribution in [3.63, 3.8) is 0 Å². The van der Waals surface area contributed by atoms with Crippen LogP contribution in [0.2, 0.25) is 0 Å². The first-order valence-electron chi connectivity index (χ1n) is 9.22. The number of likely N-dealkylation sites (N-methyl/N-ethyl adjacent to an activating group) is 1. The molecule has 1 atom stereocenters. The number of ether oxygens (including phenoxy) is 1. The van der Waals surface area contributed by atoms with Crippen molar-refractivity contribution >= 4 is 5.91 Å². The fraction of sp³-hybridized carbons (Fsp3) is 0.318. The predicted octanol–water partition coefficient (Wildman–Crippen LogP) is 4.09. The van der Waals surface area contributed by atoms with Crippen molar-refractivity contribution in [2.75, 3.05) is 7.05 Å². The van der Waals surface area contributed by atoms with Crippen LogP contribution in [-0.2, 0) is 11.3 Å². The number of carbonyl (C=O) groups excluding carboxylic acids is 1. The van der Waals surface area contributed by atoms with Crippen molar-refractivity contribution in [3.05, 3.63) is 65.0 Å². The van der Waals surface area contributed by atoms with Crippen LogP contribution in [0.5, 0.6) is 5.75 Å². The van der Waals surface area contributed by atoms with Gasteiger partial charge in [-0.25, -0.2) is 0 Å². The Labute approximate surface area is 165 Å². The third-order valence-corrected chi connectivity index (χ3v) is 4.67. The van der Waals surface area contributed by atoms with Gasteiger partial charge in [0.2, 0.25) is 11.7 Å². The van der Waals surface area contributed by atoms with Gasteiger partial charge in [0.15, 0.2) is 6.10 Å². The van der Waals surface area contributed by atoms with Crippen LogP contribution in [0.3, 0.4) is 0 Å². The quantitative estimate of drug-likeness (QED) is 0.645. The van der Waals surface area contributed by atoms with Crippen molar-refractivity contribution < 1.29 is 14.1 Å². The summed E-state index contributed by atoms with van der Waals surface area (Å²) in [6.07, 6.45) is -0.619. The Bertz CT molecular complexity index is 963. The van der Waals surface area contributed by atoms with Crippen molar-refractivity contribution in [2.24, 2.45) is 0 Å². The SMILES string of the molecule is Cc1ccc(-c2noc(CN(C)C(=O)C(C)Oc3ccc(C)c(C)c3)n2)cc1. The molecule has 0 saturated carbocycles. The minimum atomic E-state index is -0.619. The first kappa shape index (κ1) is 19.6. The number of carbonyl (C=O) groups is 1. The molecule has 0 aliphatic carbocycles. The summed E-state index contributed by atoms with van der Waals surface area (Å²) < 4.78 is 11.1. The number of hydrogen-bond acceptors (Lipinski definition) is 5. The number of benzene rings is 2. The van der Waals surface area contributed by atoms with E-state index in [0.717, 1.165) is 16.7 Å². The zero-order valence-electron chi connectivity index (χ0n) is 16.9. The molecule has 0 radical (unpaired) electrons. The van der Waals surface area contributed by atoms with Crippen LogP contribution in [-0.4, -0.2) is 34.1 Å². The maximum atomic E-state index is 12.6. The van der Waals surface area contributed by atoms with E-state index in [9.17, 15) is 4.79 Å². The number of nitrogens with zero attached hydrogens (tertiary/aromatic N) is 3. The number of hydrogen-bond donors (Lipinski definition) is 0. The zero-order valence-corrected chi connectivity index (χ0v) is 16.9. The molecule has 28 heavy (non-hydrogen) atoms. The number of rotatable bonds is 6. The van der Waals surface area contributed by atoms with Gasteiger partial charge in [-0.05, 0) is 51.0 Å². The Balaban J connectivity index is 1.62. The lowest BCUT2D eigenvalue weighted by atomic mass is 10.1. The molecule has 2 aromatic carbocycles. The summed E-state index contributed by atoms with van der Waals surface area (Å²) in [4.78, 5) is 18.5. The summed E-state index contributed by atoms with van der Waals surface area (Å²) >= 11 is 0.